The summed E-state index contributed by atoms with van der Waals surface area (Å²) >= 11 is 6.03. The smallest absolute Gasteiger partial charge is 0.257 e. The standard InChI is InChI=1S/C19H18ClF2N3O/c1-3-8-25-17-7-4-12(20)9-16(17)23-18(25)11-24(2)19(26)14-10-13(21)5-6-15(14)22/h4-7,9-10H,3,8,11H2,1-2H3. The second kappa shape index (κ2) is 7.41. The maximum absolute atomic E-state index is 13.9. The molecule has 136 valence electrons. The van der Waals surface area contributed by atoms with Crippen molar-refractivity contribution in [3.8, 4) is 0 Å². The molecule has 26 heavy (non-hydrogen) atoms. The van der Waals surface area contributed by atoms with Gasteiger partial charge in [0, 0.05) is 18.6 Å². The summed E-state index contributed by atoms with van der Waals surface area (Å²) in [7, 11) is 1.54. The Bertz CT molecular complexity index is 971. The highest BCUT2D eigenvalue weighted by Crippen LogP contribution is 2.22. The van der Waals surface area contributed by atoms with Crippen molar-refractivity contribution in [2.24, 2.45) is 0 Å². The quantitative estimate of drug-likeness (QED) is 0.649. The van der Waals surface area contributed by atoms with Gasteiger partial charge >= 0.3 is 0 Å². The number of benzene rings is 2. The molecule has 7 heteroatoms. The first-order valence-corrected chi connectivity index (χ1v) is 8.63. The lowest BCUT2D eigenvalue weighted by Crippen LogP contribution is -2.28. The first-order valence-electron chi connectivity index (χ1n) is 8.26. The number of imidazole rings is 1. The molecule has 3 rings (SSSR count). The fourth-order valence-electron chi connectivity index (χ4n) is 2.90. The number of hydrogen-bond acceptors (Lipinski definition) is 2. The van der Waals surface area contributed by atoms with E-state index in [0.717, 1.165) is 42.2 Å². The Labute approximate surface area is 155 Å². The molecular formula is C19H18ClF2N3O. The molecule has 0 bridgehead atoms. The van der Waals surface area contributed by atoms with Gasteiger partial charge in [0.1, 0.15) is 17.5 Å². The summed E-state index contributed by atoms with van der Waals surface area (Å²) in [6.45, 7) is 2.94. The van der Waals surface area contributed by atoms with E-state index in [-0.39, 0.29) is 12.1 Å². The van der Waals surface area contributed by atoms with E-state index < -0.39 is 17.5 Å². The number of aromatic nitrogens is 2. The van der Waals surface area contributed by atoms with Crippen LogP contribution in [0.15, 0.2) is 36.4 Å². The summed E-state index contributed by atoms with van der Waals surface area (Å²) in [5.74, 6) is -1.35. The second-order valence-electron chi connectivity index (χ2n) is 6.10. The van der Waals surface area contributed by atoms with Crippen LogP contribution >= 0.6 is 11.6 Å². The number of halogens is 3. The Kier molecular flexibility index (Phi) is 5.23. The average Bonchev–Trinajstić information content (AvgIpc) is 2.93. The van der Waals surface area contributed by atoms with Crippen molar-refractivity contribution < 1.29 is 13.6 Å². The number of carbonyl (C=O) groups excluding carboxylic acids is 1. The third-order valence-corrected chi connectivity index (χ3v) is 4.36. The van der Waals surface area contributed by atoms with E-state index in [9.17, 15) is 13.6 Å². The van der Waals surface area contributed by atoms with Crippen LogP contribution in [0.1, 0.15) is 29.5 Å². The number of nitrogens with zero attached hydrogens (tertiary/aromatic N) is 3. The van der Waals surface area contributed by atoms with Gasteiger partial charge < -0.3 is 9.47 Å². The van der Waals surface area contributed by atoms with Crippen LogP contribution in [0.4, 0.5) is 8.78 Å². The number of carbonyl (C=O) groups is 1. The Hall–Kier alpha value is -2.47. The SMILES string of the molecule is CCCn1c(CN(C)C(=O)c2cc(F)ccc2F)nc2cc(Cl)ccc21. The zero-order chi connectivity index (χ0) is 18.8. The van der Waals surface area contributed by atoms with Crippen molar-refractivity contribution in [1.82, 2.24) is 14.5 Å². The predicted octanol–water partition coefficient (Wildman–Crippen LogP) is 4.65. The van der Waals surface area contributed by atoms with E-state index in [2.05, 4.69) is 4.98 Å². The minimum absolute atomic E-state index is 0.168. The largest absolute Gasteiger partial charge is 0.334 e. The zero-order valence-corrected chi connectivity index (χ0v) is 15.2. The van der Waals surface area contributed by atoms with Gasteiger partial charge in [-0.3, -0.25) is 4.79 Å². The van der Waals surface area contributed by atoms with Crippen LogP contribution in [-0.4, -0.2) is 27.4 Å². The topological polar surface area (TPSA) is 38.1 Å². The third kappa shape index (κ3) is 3.55. The van der Waals surface area contributed by atoms with Gasteiger partial charge in [0.2, 0.25) is 0 Å². The Morgan fingerprint density at radius 1 is 1.23 bits per heavy atom. The number of rotatable bonds is 5. The predicted molar refractivity (Wildman–Crippen MR) is 97.2 cm³/mol. The molecule has 1 heterocycles. The fraction of sp³-hybridized carbons (Fsp3) is 0.263. The first-order chi connectivity index (χ1) is 12.4. The molecule has 1 amide bonds. The molecule has 2 aromatic carbocycles. The van der Waals surface area contributed by atoms with Crippen molar-refractivity contribution in [2.45, 2.75) is 26.4 Å². The first kappa shape index (κ1) is 18.3. The van der Waals surface area contributed by atoms with Gasteiger partial charge in [-0.05, 0) is 42.8 Å². The summed E-state index contributed by atoms with van der Waals surface area (Å²) in [6.07, 6.45) is 0.886. The molecule has 4 nitrogen and oxygen atoms in total. The molecule has 0 N–H and O–H groups in total. The number of fused-ring (bicyclic) bond motifs is 1. The van der Waals surface area contributed by atoms with Crippen LogP contribution < -0.4 is 0 Å². The van der Waals surface area contributed by atoms with Crippen LogP contribution in [0.2, 0.25) is 5.02 Å². The summed E-state index contributed by atoms with van der Waals surface area (Å²) in [4.78, 5) is 18.4. The molecule has 0 aliphatic heterocycles. The Morgan fingerprint density at radius 2 is 2.00 bits per heavy atom. The van der Waals surface area contributed by atoms with Gasteiger partial charge in [0.15, 0.2) is 0 Å². The summed E-state index contributed by atoms with van der Waals surface area (Å²) in [5.41, 5.74) is 1.36. The summed E-state index contributed by atoms with van der Waals surface area (Å²) in [5, 5.41) is 0.580. The Morgan fingerprint density at radius 3 is 2.73 bits per heavy atom. The van der Waals surface area contributed by atoms with Crippen LogP contribution in [0.25, 0.3) is 11.0 Å². The van der Waals surface area contributed by atoms with Crippen molar-refractivity contribution in [1.29, 1.82) is 0 Å². The highest BCUT2D eigenvalue weighted by Gasteiger charge is 2.20. The average molecular weight is 378 g/mol. The molecule has 0 saturated heterocycles. The lowest BCUT2D eigenvalue weighted by Gasteiger charge is -2.18. The number of aryl methyl sites for hydroxylation is 1. The van der Waals surface area contributed by atoms with Crippen molar-refractivity contribution in [3.05, 3.63) is 64.4 Å². The molecule has 0 aliphatic carbocycles. The number of amides is 1. The Balaban J connectivity index is 1.93. The van der Waals surface area contributed by atoms with Crippen LogP contribution in [0.5, 0.6) is 0 Å². The molecular weight excluding hydrogens is 360 g/mol. The van der Waals surface area contributed by atoms with Crippen molar-refractivity contribution in [2.75, 3.05) is 7.05 Å². The second-order valence-corrected chi connectivity index (χ2v) is 6.53. The maximum atomic E-state index is 13.9. The lowest BCUT2D eigenvalue weighted by molar-refractivity contribution is 0.0775. The van der Waals surface area contributed by atoms with E-state index in [1.807, 2.05) is 17.6 Å². The maximum Gasteiger partial charge on any atom is 0.257 e. The van der Waals surface area contributed by atoms with Crippen molar-refractivity contribution >= 4 is 28.5 Å². The van der Waals surface area contributed by atoms with Crippen LogP contribution in [0.3, 0.4) is 0 Å². The van der Waals surface area contributed by atoms with Crippen molar-refractivity contribution in [3.63, 3.8) is 0 Å². The van der Waals surface area contributed by atoms with Crippen LogP contribution in [-0.2, 0) is 13.1 Å². The molecule has 0 spiro atoms. The molecule has 3 aromatic rings. The van der Waals surface area contributed by atoms with E-state index in [0.29, 0.717) is 10.8 Å². The third-order valence-electron chi connectivity index (χ3n) is 4.12. The van der Waals surface area contributed by atoms with Gasteiger partial charge in [-0.15, -0.1) is 0 Å². The van der Waals surface area contributed by atoms with Gasteiger partial charge in [-0.2, -0.15) is 0 Å². The zero-order valence-electron chi connectivity index (χ0n) is 14.5. The normalized spacial score (nSPS) is 11.1. The molecule has 0 fully saturated rings. The lowest BCUT2D eigenvalue weighted by atomic mass is 10.2. The van der Waals surface area contributed by atoms with Gasteiger partial charge in [-0.1, -0.05) is 18.5 Å². The summed E-state index contributed by atoms with van der Waals surface area (Å²) < 4.78 is 29.3. The van der Waals surface area contributed by atoms with Crippen LogP contribution in [0, 0.1) is 11.6 Å². The minimum Gasteiger partial charge on any atom is -0.334 e. The van der Waals surface area contributed by atoms with Gasteiger partial charge in [-0.25, -0.2) is 13.8 Å². The van der Waals surface area contributed by atoms with E-state index in [4.69, 9.17) is 11.6 Å². The number of hydrogen-bond donors (Lipinski definition) is 0. The fourth-order valence-corrected chi connectivity index (χ4v) is 3.06. The molecule has 0 radical (unpaired) electrons. The van der Waals surface area contributed by atoms with E-state index >= 15 is 0 Å². The van der Waals surface area contributed by atoms with E-state index in [1.54, 1.807) is 12.1 Å². The summed E-state index contributed by atoms with van der Waals surface area (Å²) in [6, 6.07) is 8.28. The molecule has 0 unspecified atom stereocenters. The van der Waals surface area contributed by atoms with E-state index in [1.165, 1.54) is 11.9 Å². The highest BCUT2D eigenvalue weighted by molar-refractivity contribution is 6.31. The monoisotopic (exact) mass is 377 g/mol. The molecule has 0 aliphatic rings. The molecule has 1 aromatic heterocycles. The highest BCUT2D eigenvalue weighted by atomic mass is 35.5. The molecule has 0 atom stereocenters. The van der Waals surface area contributed by atoms with Gasteiger partial charge in [0.25, 0.3) is 5.91 Å². The minimum atomic E-state index is -0.753. The van der Waals surface area contributed by atoms with Gasteiger partial charge in [0.05, 0.1) is 23.1 Å². The molecule has 0 saturated carbocycles.